The van der Waals surface area contributed by atoms with Crippen molar-refractivity contribution < 1.29 is 9.47 Å². The van der Waals surface area contributed by atoms with Crippen molar-refractivity contribution in [1.82, 2.24) is 25.8 Å². The summed E-state index contributed by atoms with van der Waals surface area (Å²) in [5.41, 5.74) is 2.00. The van der Waals surface area contributed by atoms with Crippen LogP contribution in [0.5, 0.6) is 11.5 Å². The number of nitrogens with one attached hydrogen (secondary N) is 3. The van der Waals surface area contributed by atoms with Gasteiger partial charge in [-0.3, -0.25) is 5.10 Å². The average molecular weight is 394 g/mol. The zero-order valence-corrected chi connectivity index (χ0v) is 16.9. The lowest BCUT2D eigenvalue weighted by molar-refractivity contribution is 0.414. The molecular formula is C21H26N6O2. The molecule has 0 aliphatic heterocycles. The molecule has 3 aromatic rings. The quantitative estimate of drug-likeness (QED) is 0.402. The van der Waals surface area contributed by atoms with Gasteiger partial charge in [0.15, 0.2) is 11.8 Å². The van der Waals surface area contributed by atoms with Crippen LogP contribution in [0.2, 0.25) is 0 Å². The molecular weight excluding hydrogens is 368 g/mol. The molecule has 0 bridgehead atoms. The summed E-state index contributed by atoms with van der Waals surface area (Å²) in [7, 11) is 3.30. The summed E-state index contributed by atoms with van der Waals surface area (Å²) in [6.07, 6.45) is 0. The fraction of sp³-hybridized carbons (Fsp3) is 0.286. The Morgan fingerprint density at radius 3 is 2.55 bits per heavy atom. The number of rotatable bonds is 8. The molecule has 0 saturated heterocycles. The van der Waals surface area contributed by atoms with Crippen LogP contribution in [0.25, 0.3) is 11.4 Å². The molecule has 8 nitrogen and oxygen atoms in total. The van der Waals surface area contributed by atoms with Gasteiger partial charge in [0.05, 0.1) is 27.3 Å². The van der Waals surface area contributed by atoms with Gasteiger partial charge in [-0.15, -0.1) is 0 Å². The summed E-state index contributed by atoms with van der Waals surface area (Å²) in [5.74, 6) is 3.69. The van der Waals surface area contributed by atoms with Gasteiger partial charge in [-0.05, 0) is 48.9 Å². The number of aliphatic imine (C=N–C) groups is 1. The lowest BCUT2D eigenvalue weighted by atomic mass is 10.2. The number of aromatic amines is 1. The molecule has 0 spiro atoms. The second-order valence-corrected chi connectivity index (χ2v) is 6.23. The Hall–Kier alpha value is -3.55. The third kappa shape index (κ3) is 5.71. The Kier molecular flexibility index (Phi) is 7.05. The Morgan fingerprint density at radius 1 is 1.03 bits per heavy atom. The average Bonchev–Trinajstić information content (AvgIpc) is 3.25. The number of guanidine groups is 1. The highest BCUT2D eigenvalue weighted by Crippen LogP contribution is 2.19. The van der Waals surface area contributed by atoms with Gasteiger partial charge in [0.1, 0.15) is 17.3 Å². The predicted octanol–water partition coefficient (Wildman–Crippen LogP) is 2.74. The Balaban J connectivity index is 1.61. The lowest BCUT2D eigenvalue weighted by Crippen LogP contribution is -2.37. The summed E-state index contributed by atoms with van der Waals surface area (Å²) in [5, 5.41) is 13.8. The minimum atomic E-state index is 0.479. The van der Waals surface area contributed by atoms with Crippen LogP contribution in [0.4, 0.5) is 0 Å². The van der Waals surface area contributed by atoms with E-state index in [2.05, 4.69) is 30.8 Å². The van der Waals surface area contributed by atoms with E-state index in [1.807, 2.05) is 55.5 Å². The molecule has 0 aliphatic rings. The summed E-state index contributed by atoms with van der Waals surface area (Å²) >= 11 is 0. The Bertz CT molecular complexity index is 936. The van der Waals surface area contributed by atoms with Crippen molar-refractivity contribution in [3.05, 3.63) is 59.9 Å². The minimum Gasteiger partial charge on any atom is -0.497 e. The minimum absolute atomic E-state index is 0.479. The van der Waals surface area contributed by atoms with Crippen molar-refractivity contribution in [3.63, 3.8) is 0 Å². The number of ether oxygens (including phenoxy) is 2. The van der Waals surface area contributed by atoms with E-state index in [0.717, 1.165) is 35.0 Å². The van der Waals surface area contributed by atoms with E-state index in [-0.39, 0.29) is 0 Å². The van der Waals surface area contributed by atoms with Crippen molar-refractivity contribution in [2.75, 3.05) is 20.8 Å². The molecule has 2 aromatic carbocycles. The van der Waals surface area contributed by atoms with Crippen LogP contribution in [-0.2, 0) is 13.1 Å². The van der Waals surface area contributed by atoms with Gasteiger partial charge in [-0.2, -0.15) is 5.10 Å². The monoisotopic (exact) mass is 394 g/mol. The molecule has 3 N–H and O–H groups in total. The van der Waals surface area contributed by atoms with E-state index in [1.165, 1.54) is 0 Å². The maximum Gasteiger partial charge on any atom is 0.191 e. The van der Waals surface area contributed by atoms with E-state index in [9.17, 15) is 0 Å². The van der Waals surface area contributed by atoms with Crippen LogP contribution in [0, 0.1) is 0 Å². The van der Waals surface area contributed by atoms with Crippen LogP contribution in [0.15, 0.2) is 53.5 Å². The normalized spacial score (nSPS) is 11.2. The molecule has 29 heavy (non-hydrogen) atoms. The van der Waals surface area contributed by atoms with Gasteiger partial charge in [-0.25, -0.2) is 9.98 Å². The Labute approximate surface area is 170 Å². The van der Waals surface area contributed by atoms with Crippen molar-refractivity contribution >= 4 is 5.96 Å². The standard InChI is InChI=1S/C21H26N6O2/c1-4-22-21(23-13-15-6-5-7-18(12-15)29-3)24-14-19-25-20(27-26-19)16-8-10-17(28-2)11-9-16/h5-12H,4,13-14H2,1-3H3,(H2,22,23,24)(H,25,26,27). The molecule has 3 rings (SSSR count). The Morgan fingerprint density at radius 2 is 1.83 bits per heavy atom. The SMILES string of the molecule is CCNC(=NCc1cccc(OC)c1)NCc1nc(-c2ccc(OC)cc2)n[nH]1. The summed E-state index contributed by atoms with van der Waals surface area (Å²) in [4.78, 5) is 9.16. The molecule has 1 heterocycles. The first-order chi connectivity index (χ1) is 14.2. The maximum atomic E-state index is 5.26. The topological polar surface area (TPSA) is 96.5 Å². The molecule has 0 amide bonds. The largest absolute Gasteiger partial charge is 0.497 e. The van der Waals surface area contributed by atoms with Crippen LogP contribution in [0.1, 0.15) is 18.3 Å². The second-order valence-electron chi connectivity index (χ2n) is 6.23. The van der Waals surface area contributed by atoms with Crippen molar-refractivity contribution in [2.45, 2.75) is 20.0 Å². The van der Waals surface area contributed by atoms with Crippen molar-refractivity contribution in [3.8, 4) is 22.9 Å². The first-order valence-corrected chi connectivity index (χ1v) is 9.42. The number of aromatic nitrogens is 3. The van der Waals surface area contributed by atoms with E-state index < -0.39 is 0 Å². The molecule has 0 fully saturated rings. The molecule has 0 atom stereocenters. The first-order valence-electron chi connectivity index (χ1n) is 9.42. The number of H-pyrrole nitrogens is 1. The van der Waals surface area contributed by atoms with E-state index in [4.69, 9.17) is 9.47 Å². The van der Waals surface area contributed by atoms with E-state index in [0.29, 0.717) is 24.9 Å². The van der Waals surface area contributed by atoms with Gasteiger partial charge < -0.3 is 20.1 Å². The molecule has 8 heteroatoms. The smallest absolute Gasteiger partial charge is 0.191 e. The molecule has 0 radical (unpaired) electrons. The lowest BCUT2D eigenvalue weighted by Gasteiger charge is -2.10. The zero-order chi connectivity index (χ0) is 20.5. The van der Waals surface area contributed by atoms with E-state index >= 15 is 0 Å². The van der Waals surface area contributed by atoms with Gasteiger partial charge in [0, 0.05) is 12.1 Å². The third-order valence-corrected chi connectivity index (χ3v) is 4.20. The first kappa shape index (κ1) is 20.2. The highest BCUT2D eigenvalue weighted by atomic mass is 16.5. The summed E-state index contributed by atoms with van der Waals surface area (Å²) in [6, 6.07) is 15.5. The fourth-order valence-electron chi connectivity index (χ4n) is 2.69. The van der Waals surface area contributed by atoms with Gasteiger partial charge in [0.25, 0.3) is 0 Å². The van der Waals surface area contributed by atoms with Crippen LogP contribution in [0.3, 0.4) is 0 Å². The number of benzene rings is 2. The molecule has 1 aromatic heterocycles. The van der Waals surface area contributed by atoms with Crippen LogP contribution < -0.4 is 20.1 Å². The molecule has 0 aliphatic carbocycles. The number of hydrogen-bond donors (Lipinski definition) is 3. The van der Waals surface area contributed by atoms with Crippen molar-refractivity contribution in [2.24, 2.45) is 4.99 Å². The third-order valence-electron chi connectivity index (χ3n) is 4.20. The highest BCUT2D eigenvalue weighted by molar-refractivity contribution is 5.79. The molecule has 0 saturated carbocycles. The predicted molar refractivity (Wildman–Crippen MR) is 113 cm³/mol. The van der Waals surface area contributed by atoms with Crippen molar-refractivity contribution in [1.29, 1.82) is 0 Å². The second kappa shape index (κ2) is 10.1. The molecule has 152 valence electrons. The number of hydrogen-bond acceptors (Lipinski definition) is 5. The van der Waals surface area contributed by atoms with Gasteiger partial charge in [-0.1, -0.05) is 12.1 Å². The highest BCUT2D eigenvalue weighted by Gasteiger charge is 2.07. The maximum absolute atomic E-state index is 5.26. The van der Waals surface area contributed by atoms with Crippen LogP contribution >= 0.6 is 0 Å². The molecule has 0 unspecified atom stereocenters. The fourth-order valence-corrected chi connectivity index (χ4v) is 2.69. The summed E-state index contributed by atoms with van der Waals surface area (Å²) < 4.78 is 10.4. The van der Waals surface area contributed by atoms with E-state index in [1.54, 1.807) is 14.2 Å². The summed E-state index contributed by atoms with van der Waals surface area (Å²) in [6.45, 7) is 3.81. The van der Waals surface area contributed by atoms with Gasteiger partial charge in [0.2, 0.25) is 0 Å². The number of nitrogens with zero attached hydrogens (tertiary/aromatic N) is 3. The number of methoxy groups -OCH3 is 2. The zero-order valence-electron chi connectivity index (χ0n) is 16.9. The van der Waals surface area contributed by atoms with Gasteiger partial charge >= 0.3 is 0 Å². The van der Waals surface area contributed by atoms with Crippen LogP contribution in [-0.4, -0.2) is 41.9 Å².